The molecule has 0 bridgehead atoms. The lowest BCUT2D eigenvalue weighted by Gasteiger charge is -2.20. The summed E-state index contributed by atoms with van der Waals surface area (Å²) in [6.07, 6.45) is 1.17. The van der Waals surface area contributed by atoms with Crippen LogP contribution in [-0.4, -0.2) is 21.7 Å². The molecule has 1 rings (SSSR count). The third-order valence-electron chi connectivity index (χ3n) is 2.36. The van der Waals surface area contributed by atoms with E-state index >= 15 is 0 Å². The third-order valence-corrected chi connectivity index (χ3v) is 3.81. The van der Waals surface area contributed by atoms with E-state index in [1.807, 2.05) is 19.1 Å². The molecule has 0 fully saturated rings. The second-order valence-corrected chi connectivity index (χ2v) is 5.72. The zero-order chi connectivity index (χ0) is 11.6. The fourth-order valence-electron chi connectivity index (χ4n) is 1.33. The highest BCUT2D eigenvalue weighted by molar-refractivity contribution is 7.92. The van der Waals surface area contributed by atoms with Crippen LogP contribution in [0.2, 0.25) is 0 Å². The van der Waals surface area contributed by atoms with Gasteiger partial charge in [0.15, 0.2) is 0 Å². The zero-order valence-electron chi connectivity index (χ0n) is 8.99. The predicted molar refractivity (Wildman–Crippen MR) is 64.0 cm³/mol. The van der Waals surface area contributed by atoms with E-state index in [0.717, 1.165) is 11.1 Å². The number of anilines is 1. The summed E-state index contributed by atoms with van der Waals surface area (Å²) in [4.78, 5) is 0. The summed E-state index contributed by atoms with van der Waals surface area (Å²) < 4.78 is 24.0. The summed E-state index contributed by atoms with van der Waals surface area (Å²) in [6, 6.07) is 5.49. The Morgan fingerprint density at radius 2 is 2.00 bits per heavy atom. The second-order valence-electron chi connectivity index (χ2n) is 3.44. The van der Waals surface area contributed by atoms with Crippen LogP contribution in [0.5, 0.6) is 0 Å². The molecule has 0 N–H and O–H groups in total. The molecule has 0 spiro atoms. The van der Waals surface area contributed by atoms with E-state index in [2.05, 4.69) is 0 Å². The van der Waals surface area contributed by atoms with Crippen molar-refractivity contribution in [1.82, 2.24) is 0 Å². The van der Waals surface area contributed by atoms with Gasteiger partial charge in [0.2, 0.25) is 10.0 Å². The molecule has 84 valence electrons. The topological polar surface area (TPSA) is 37.4 Å². The van der Waals surface area contributed by atoms with Crippen LogP contribution in [0.3, 0.4) is 0 Å². The van der Waals surface area contributed by atoms with Crippen LogP contribution >= 0.6 is 11.6 Å². The molecule has 0 aliphatic heterocycles. The first-order valence-electron chi connectivity index (χ1n) is 4.46. The van der Waals surface area contributed by atoms with Crippen molar-refractivity contribution < 1.29 is 8.42 Å². The van der Waals surface area contributed by atoms with Crippen molar-refractivity contribution in [3.05, 3.63) is 29.3 Å². The van der Waals surface area contributed by atoms with Gasteiger partial charge in [-0.15, -0.1) is 11.6 Å². The molecule has 1 aromatic rings. The van der Waals surface area contributed by atoms with E-state index in [0.29, 0.717) is 11.6 Å². The van der Waals surface area contributed by atoms with Gasteiger partial charge in [-0.1, -0.05) is 12.1 Å². The molecule has 3 nitrogen and oxygen atoms in total. The summed E-state index contributed by atoms with van der Waals surface area (Å²) >= 11 is 5.81. The Kier molecular flexibility index (Phi) is 3.62. The Hall–Kier alpha value is -0.740. The molecule has 0 saturated carbocycles. The normalized spacial score (nSPS) is 11.5. The number of hydrogen-bond acceptors (Lipinski definition) is 2. The molecule has 0 heterocycles. The van der Waals surface area contributed by atoms with E-state index in [1.54, 1.807) is 6.07 Å². The highest BCUT2D eigenvalue weighted by atomic mass is 35.5. The molecule has 0 amide bonds. The Balaban J connectivity index is 3.32. The first kappa shape index (κ1) is 12.3. The van der Waals surface area contributed by atoms with Gasteiger partial charge in [0, 0.05) is 12.9 Å². The minimum Gasteiger partial charge on any atom is -0.273 e. The van der Waals surface area contributed by atoms with Gasteiger partial charge in [-0.3, -0.25) is 4.31 Å². The van der Waals surface area contributed by atoms with E-state index in [1.165, 1.54) is 17.6 Å². The van der Waals surface area contributed by atoms with Crippen LogP contribution in [0.1, 0.15) is 11.1 Å². The number of benzene rings is 1. The van der Waals surface area contributed by atoms with Crippen molar-refractivity contribution in [3.63, 3.8) is 0 Å². The molecule has 1 aromatic carbocycles. The Morgan fingerprint density at radius 1 is 1.40 bits per heavy atom. The SMILES string of the molecule is Cc1cccc(N(C)S(C)(=O)=O)c1CCl. The molecule has 0 saturated heterocycles. The maximum atomic E-state index is 11.4. The van der Waals surface area contributed by atoms with Crippen LogP contribution in [0, 0.1) is 6.92 Å². The molecule has 0 aliphatic rings. The van der Waals surface area contributed by atoms with Crippen LogP contribution in [-0.2, 0) is 15.9 Å². The molecular weight excluding hydrogens is 234 g/mol. The largest absolute Gasteiger partial charge is 0.273 e. The highest BCUT2D eigenvalue weighted by Crippen LogP contribution is 2.25. The number of sulfonamides is 1. The maximum Gasteiger partial charge on any atom is 0.232 e. The lowest BCUT2D eigenvalue weighted by atomic mass is 10.1. The molecule has 0 radical (unpaired) electrons. The predicted octanol–water partition coefficient (Wildman–Crippen LogP) is 2.13. The smallest absolute Gasteiger partial charge is 0.232 e. The number of nitrogens with zero attached hydrogens (tertiary/aromatic N) is 1. The quantitative estimate of drug-likeness (QED) is 0.768. The van der Waals surface area contributed by atoms with Gasteiger partial charge in [0.25, 0.3) is 0 Å². The van der Waals surface area contributed by atoms with Gasteiger partial charge in [-0.25, -0.2) is 8.42 Å². The minimum absolute atomic E-state index is 0.307. The molecular formula is C10H14ClNO2S. The Bertz CT molecular complexity index is 456. The van der Waals surface area contributed by atoms with E-state index in [-0.39, 0.29) is 0 Å². The van der Waals surface area contributed by atoms with Crippen LogP contribution in [0.15, 0.2) is 18.2 Å². The first-order chi connectivity index (χ1) is 6.88. The minimum atomic E-state index is -3.23. The fourth-order valence-corrected chi connectivity index (χ4v) is 2.21. The summed E-state index contributed by atoms with van der Waals surface area (Å²) in [5, 5.41) is 0. The standard InChI is InChI=1S/C10H14ClNO2S/c1-8-5-4-6-10(9(8)7-11)12(2)15(3,13)14/h4-6H,7H2,1-3H3. The van der Waals surface area contributed by atoms with Gasteiger partial charge in [-0.2, -0.15) is 0 Å². The average Bonchev–Trinajstić information content (AvgIpc) is 2.14. The lowest BCUT2D eigenvalue weighted by Crippen LogP contribution is -2.26. The van der Waals surface area contributed by atoms with Gasteiger partial charge in [-0.05, 0) is 24.1 Å². The number of hydrogen-bond donors (Lipinski definition) is 0. The van der Waals surface area contributed by atoms with Crippen molar-refractivity contribution in [3.8, 4) is 0 Å². The van der Waals surface area contributed by atoms with E-state index < -0.39 is 10.0 Å². The molecule has 15 heavy (non-hydrogen) atoms. The van der Waals surface area contributed by atoms with Crippen molar-refractivity contribution in [1.29, 1.82) is 0 Å². The second kappa shape index (κ2) is 4.41. The molecule has 0 aliphatic carbocycles. The van der Waals surface area contributed by atoms with Crippen molar-refractivity contribution in [2.24, 2.45) is 0 Å². The lowest BCUT2D eigenvalue weighted by molar-refractivity contribution is 0.600. The average molecular weight is 248 g/mol. The van der Waals surface area contributed by atoms with E-state index in [9.17, 15) is 8.42 Å². The maximum absolute atomic E-state index is 11.4. The van der Waals surface area contributed by atoms with Crippen LogP contribution < -0.4 is 4.31 Å². The van der Waals surface area contributed by atoms with Crippen molar-refractivity contribution in [2.45, 2.75) is 12.8 Å². The van der Waals surface area contributed by atoms with E-state index in [4.69, 9.17) is 11.6 Å². The molecule has 5 heteroatoms. The van der Waals surface area contributed by atoms with Crippen LogP contribution in [0.4, 0.5) is 5.69 Å². The highest BCUT2D eigenvalue weighted by Gasteiger charge is 2.15. The number of alkyl halides is 1. The molecule has 0 atom stereocenters. The van der Waals surface area contributed by atoms with Crippen molar-refractivity contribution >= 4 is 27.3 Å². The summed E-state index contributed by atoms with van der Waals surface area (Å²) in [7, 11) is -1.70. The van der Waals surface area contributed by atoms with Gasteiger partial charge < -0.3 is 0 Å². The summed E-state index contributed by atoms with van der Waals surface area (Å²) in [5.41, 5.74) is 2.50. The Labute approximate surface area is 95.7 Å². The van der Waals surface area contributed by atoms with Crippen LogP contribution in [0.25, 0.3) is 0 Å². The zero-order valence-corrected chi connectivity index (χ0v) is 10.6. The van der Waals surface area contributed by atoms with Gasteiger partial charge >= 0.3 is 0 Å². The number of rotatable bonds is 3. The number of halogens is 1. The number of aryl methyl sites for hydroxylation is 1. The fraction of sp³-hybridized carbons (Fsp3) is 0.400. The van der Waals surface area contributed by atoms with Gasteiger partial charge in [0.1, 0.15) is 0 Å². The summed E-state index contributed by atoms with van der Waals surface area (Å²) in [6.45, 7) is 1.91. The molecule has 0 unspecified atom stereocenters. The molecule has 0 aromatic heterocycles. The Morgan fingerprint density at radius 3 is 2.47 bits per heavy atom. The van der Waals surface area contributed by atoms with Gasteiger partial charge in [0.05, 0.1) is 11.9 Å². The third kappa shape index (κ3) is 2.63. The summed E-state index contributed by atoms with van der Waals surface area (Å²) in [5.74, 6) is 0.307. The monoisotopic (exact) mass is 247 g/mol. The first-order valence-corrected chi connectivity index (χ1v) is 6.84. The van der Waals surface area contributed by atoms with Crippen molar-refractivity contribution in [2.75, 3.05) is 17.6 Å².